The first-order valence-corrected chi connectivity index (χ1v) is 12.4. The molecular formula is C26H30N10. The fraction of sp³-hybridized carbons (Fsp3) is 0.346. The van der Waals surface area contributed by atoms with E-state index in [0.717, 1.165) is 55.1 Å². The molecule has 0 aliphatic carbocycles. The van der Waals surface area contributed by atoms with Gasteiger partial charge in [-0.1, -0.05) is 24.3 Å². The zero-order chi connectivity index (χ0) is 24.5. The quantitative estimate of drug-likeness (QED) is 0.367. The number of fused-ring (bicyclic) bond motifs is 1. The van der Waals surface area contributed by atoms with Gasteiger partial charge >= 0.3 is 0 Å². The Morgan fingerprint density at radius 3 is 2.81 bits per heavy atom. The van der Waals surface area contributed by atoms with Crippen LogP contribution in [0.3, 0.4) is 0 Å². The van der Waals surface area contributed by atoms with Crippen LogP contribution in [-0.2, 0) is 13.5 Å². The molecule has 0 radical (unpaired) electrons. The van der Waals surface area contributed by atoms with Gasteiger partial charge in [-0.3, -0.25) is 9.47 Å². The third-order valence-electron chi connectivity index (χ3n) is 7.33. The lowest BCUT2D eigenvalue weighted by Gasteiger charge is -2.41. The molecular weight excluding hydrogens is 452 g/mol. The molecule has 0 saturated carbocycles. The molecule has 1 saturated heterocycles. The van der Waals surface area contributed by atoms with Gasteiger partial charge < -0.3 is 10.3 Å². The molecule has 4 heterocycles. The topological polar surface area (TPSA) is 105 Å². The summed E-state index contributed by atoms with van der Waals surface area (Å²) in [7, 11) is 1.89. The van der Waals surface area contributed by atoms with Crippen molar-refractivity contribution in [2.45, 2.75) is 31.8 Å². The lowest BCUT2D eigenvalue weighted by molar-refractivity contribution is 0.110. The van der Waals surface area contributed by atoms with Crippen LogP contribution in [0.1, 0.15) is 30.5 Å². The molecule has 10 heteroatoms. The van der Waals surface area contributed by atoms with Crippen molar-refractivity contribution in [1.82, 2.24) is 50.2 Å². The predicted octanol–water partition coefficient (Wildman–Crippen LogP) is 2.91. The molecule has 5 aromatic rings. The number of aromatic nitrogens is 8. The van der Waals surface area contributed by atoms with Crippen molar-refractivity contribution in [2.24, 2.45) is 7.05 Å². The van der Waals surface area contributed by atoms with Crippen LogP contribution in [0.4, 0.5) is 0 Å². The maximum Gasteiger partial charge on any atom is 0.182 e. The number of rotatable bonds is 7. The first kappa shape index (κ1) is 22.6. The van der Waals surface area contributed by atoms with Gasteiger partial charge in [0, 0.05) is 67.1 Å². The Kier molecular flexibility index (Phi) is 6.04. The third-order valence-corrected chi connectivity index (χ3v) is 7.33. The highest BCUT2D eigenvalue weighted by Crippen LogP contribution is 2.33. The van der Waals surface area contributed by atoms with Gasteiger partial charge in [0.2, 0.25) is 0 Å². The number of aryl methyl sites for hydroxylation is 2. The van der Waals surface area contributed by atoms with E-state index >= 15 is 0 Å². The Hall–Kier alpha value is -3.89. The van der Waals surface area contributed by atoms with Crippen molar-refractivity contribution < 1.29 is 0 Å². The summed E-state index contributed by atoms with van der Waals surface area (Å²) in [5, 5.41) is 24.9. The van der Waals surface area contributed by atoms with Crippen LogP contribution in [0.2, 0.25) is 0 Å². The van der Waals surface area contributed by atoms with Crippen molar-refractivity contribution in [3.63, 3.8) is 0 Å². The SMILES string of the molecule is CC(CCc1c[nH]c2ccc(-n3cnnc3)cc12)N1CCNCC1c1ccccc1-c1nnnn1C. The van der Waals surface area contributed by atoms with Gasteiger partial charge in [-0.05, 0) is 59.5 Å². The van der Waals surface area contributed by atoms with Gasteiger partial charge in [0.25, 0.3) is 0 Å². The maximum atomic E-state index is 4.29. The second kappa shape index (κ2) is 9.63. The van der Waals surface area contributed by atoms with Crippen LogP contribution in [0.25, 0.3) is 28.0 Å². The van der Waals surface area contributed by atoms with E-state index in [9.17, 15) is 0 Å². The Morgan fingerprint density at radius 2 is 1.97 bits per heavy atom. The van der Waals surface area contributed by atoms with E-state index in [4.69, 9.17) is 0 Å². The largest absolute Gasteiger partial charge is 0.361 e. The number of hydrogen-bond acceptors (Lipinski definition) is 7. The van der Waals surface area contributed by atoms with E-state index in [1.54, 1.807) is 17.3 Å². The zero-order valence-corrected chi connectivity index (χ0v) is 20.5. The normalized spacial score (nSPS) is 17.6. The Morgan fingerprint density at radius 1 is 1.11 bits per heavy atom. The summed E-state index contributed by atoms with van der Waals surface area (Å²) in [4.78, 5) is 6.08. The smallest absolute Gasteiger partial charge is 0.182 e. The van der Waals surface area contributed by atoms with Crippen LogP contribution in [-0.4, -0.2) is 70.5 Å². The highest BCUT2D eigenvalue weighted by atomic mass is 15.5. The second-order valence-corrected chi connectivity index (χ2v) is 9.47. The highest BCUT2D eigenvalue weighted by molar-refractivity contribution is 5.85. The molecule has 1 aliphatic heterocycles. The molecule has 184 valence electrons. The molecule has 2 aromatic carbocycles. The van der Waals surface area contributed by atoms with Crippen molar-refractivity contribution in [3.05, 3.63) is 72.4 Å². The van der Waals surface area contributed by atoms with Crippen LogP contribution >= 0.6 is 0 Å². The fourth-order valence-corrected chi connectivity index (χ4v) is 5.38. The summed E-state index contributed by atoms with van der Waals surface area (Å²) < 4.78 is 3.68. The molecule has 2 unspecified atom stereocenters. The molecule has 1 fully saturated rings. The molecule has 0 bridgehead atoms. The number of H-pyrrole nitrogens is 1. The number of nitrogens with zero attached hydrogens (tertiary/aromatic N) is 8. The molecule has 2 atom stereocenters. The molecule has 10 nitrogen and oxygen atoms in total. The van der Waals surface area contributed by atoms with Crippen molar-refractivity contribution in [3.8, 4) is 17.1 Å². The average Bonchev–Trinajstić information content (AvgIpc) is 3.68. The van der Waals surface area contributed by atoms with Gasteiger partial charge in [-0.2, -0.15) is 0 Å². The van der Waals surface area contributed by atoms with Crippen LogP contribution in [0.5, 0.6) is 0 Å². The van der Waals surface area contributed by atoms with Crippen LogP contribution in [0.15, 0.2) is 61.3 Å². The van der Waals surface area contributed by atoms with Crippen LogP contribution < -0.4 is 5.32 Å². The summed E-state index contributed by atoms with van der Waals surface area (Å²) in [5.41, 5.74) is 5.91. The molecule has 6 rings (SSSR count). The van der Waals surface area contributed by atoms with Crippen LogP contribution in [0, 0.1) is 0 Å². The summed E-state index contributed by atoms with van der Waals surface area (Å²) in [6.45, 7) is 5.25. The molecule has 2 N–H and O–H groups in total. The van der Waals surface area contributed by atoms with Gasteiger partial charge in [-0.25, -0.2) is 4.68 Å². The van der Waals surface area contributed by atoms with Gasteiger partial charge in [0.05, 0.1) is 0 Å². The predicted molar refractivity (Wildman–Crippen MR) is 138 cm³/mol. The summed E-state index contributed by atoms with van der Waals surface area (Å²) in [6.07, 6.45) is 7.68. The van der Waals surface area contributed by atoms with E-state index in [2.05, 4.69) is 96.5 Å². The van der Waals surface area contributed by atoms with Crippen molar-refractivity contribution in [2.75, 3.05) is 19.6 Å². The zero-order valence-electron chi connectivity index (χ0n) is 20.5. The maximum absolute atomic E-state index is 4.29. The first-order valence-electron chi connectivity index (χ1n) is 12.4. The van der Waals surface area contributed by atoms with E-state index in [0.29, 0.717) is 6.04 Å². The summed E-state index contributed by atoms with van der Waals surface area (Å²) in [5.74, 6) is 0.798. The molecule has 3 aromatic heterocycles. The van der Waals surface area contributed by atoms with E-state index in [-0.39, 0.29) is 6.04 Å². The monoisotopic (exact) mass is 482 g/mol. The lowest BCUT2D eigenvalue weighted by atomic mass is 9.94. The molecule has 0 spiro atoms. The average molecular weight is 483 g/mol. The summed E-state index contributed by atoms with van der Waals surface area (Å²) >= 11 is 0. The number of nitrogens with one attached hydrogen (secondary N) is 2. The summed E-state index contributed by atoms with van der Waals surface area (Å²) in [6, 6.07) is 15.6. The number of benzene rings is 2. The number of tetrazole rings is 1. The molecule has 0 amide bonds. The van der Waals surface area contributed by atoms with Crippen molar-refractivity contribution >= 4 is 10.9 Å². The minimum absolute atomic E-state index is 0.255. The molecule has 1 aliphatic rings. The highest BCUT2D eigenvalue weighted by Gasteiger charge is 2.30. The fourth-order valence-electron chi connectivity index (χ4n) is 5.38. The number of aromatic amines is 1. The Balaban J connectivity index is 1.23. The minimum Gasteiger partial charge on any atom is -0.361 e. The minimum atomic E-state index is 0.255. The van der Waals surface area contributed by atoms with E-state index in [1.807, 2.05) is 11.6 Å². The third kappa shape index (κ3) is 4.18. The lowest BCUT2D eigenvalue weighted by Crippen LogP contribution is -2.49. The number of piperazine rings is 1. The van der Waals surface area contributed by atoms with Crippen molar-refractivity contribution in [1.29, 1.82) is 0 Å². The Bertz CT molecular complexity index is 1450. The Labute approximate surface area is 209 Å². The van der Waals surface area contributed by atoms with Gasteiger partial charge in [0.1, 0.15) is 12.7 Å². The van der Waals surface area contributed by atoms with E-state index < -0.39 is 0 Å². The second-order valence-electron chi connectivity index (χ2n) is 9.47. The molecule has 36 heavy (non-hydrogen) atoms. The van der Waals surface area contributed by atoms with Gasteiger partial charge in [0.15, 0.2) is 5.82 Å². The van der Waals surface area contributed by atoms with E-state index in [1.165, 1.54) is 16.5 Å². The number of hydrogen-bond donors (Lipinski definition) is 2. The van der Waals surface area contributed by atoms with Gasteiger partial charge in [-0.15, -0.1) is 15.3 Å². The first-order chi connectivity index (χ1) is 17.7. The standard InChI is InChI=1S/C26H30N10/c1-18(7-8-19-14-28-24-10-9-20(13-23(19)24)35-16-29-30-17-35)36-12-11-27-15-25(36)21-5-3-4-6-22(21)26-31-32-33-34(26)2/h3-6,9-10,13-14,16-18,25,27-28H,7-8,11-12,15H2,1-2H3.